The molecule has 0 aromatic carbocycles. The molecule has 11 heavy (non-hydrogen) atoms. The van der Waals surface area contributed by atoms with Gasteiger partial charge >= 0.3 is 25.4 Å². The Morgan fingerprint density at radius 2 is 2.18 bits per heavy atom. The van der Waals surface area contributed by atoms with Crippen LogP contribution in [0.15, 0.2) is 0 Å². The van der Waals surface area contributed by atoms with Crippen LogP contribution in [0, 0.1) is 6.92 Å². The van der Waals surface area contributed by atoms with Gasteiger partial charge in [0.1, 0.15) is 0 Å². The minimum atomic E-state index is -0.159. The van der Waals surface area contributed by atoms with Crippen LogP contribution in [0.1, 0.15) is 6.42 Å². The van der Waals surface area contributed by atoms with Crippen LogP contribution in [0.3, 0.4) is 0 Å². The topological polar surface area (TPSA) is 26.3 Å². The molecule has 0 saturated carbocycles. The molecule has 0 atom stereocenters. The van der Waals surface area contributed by atoms with Gasteiger partial charge in [0.15, 0.2) is 0 Å². The van der Waals surface area contributed by atoms with E-state index in [1.807, 2.05) is 0 Å². The summed E-state index contributed by atoms with van der Waals surface area (Å²) in [6, 6.07) is 0. The average molecular weight is 340 g/mol. The molecule has 0 aromatic heterocycles. The molecule has 0 bridgehead atoms. The van der Waals surface area contributed by atoms with Crippen molar-refractivity contribution < 1.29 is 53.0 Å². The van der Waals surface area contributed by atoms with Crippen molar-refractivity contribution in [1.29, 1.82) is 0 Å². The van der Waals surface area contributed by atoms with Gasteiger partial charge in [0, 0.05) is 0 Å². The molecular weight excluding hydrogens is 328 g/mol. The van der Waals surface area contributed by atoms with Crippen LogP contribution in [0.5, 0.6) is 0 Å². The van der Waals surface area contributed by atoms with Crippen molar-refractivity contribution in [3.8, 4) is 0 Å². The van der Waals surface area contributed by atoms with E-state index in [2.05, 4.69) is 11.7 Å². The first-order valence-electron chi connectivity index (χ1n) is 2.75. The summed E-state index contributed by atoms with van der Waals surface area (Å²) < 4.78 is 4.42. The van der Waals surface area contributed by atoms with Gasteiger partial charge in [0.2, 0.25) is 0 Å². The minimum absolute atomic E-state index is 0. The number of ether oxygens (including phenoxy) is 1. The van der Waals surface area contributed by atoms with Crippen molar-refractivity contribution in [3.63, 3.8) is 0 Å². The largest absolute Gasteiger partial charge is 2.00 e. The number of hydrogen-bond acceptors (Lipinski definition) is 3. The first kappa shape index (κ1) is 18.1. The van der Waals surface area contributed by atoms with Gasteiger partial charge in [-0.05, 0) is 5.75 Å². The summed E-state index contributed by atoms with van der Waals surface area (Å²) in [4.78, 5) is 10.4. The zero-order valence-corrected chi connectivity index (χ0v) is 12.6. The van der Waals surface area contributed by atoms with E-state index in [9.17, 15) is 4.79 Å². The molecule has 2 nitrogen and oxygen atoms in total. The molecule has 0 aliphatic rings. The van der Waals surface area contributed by atoms with E-state index < -0.39 is 0 Å². The first-order valence-corrected chi connectivity index (χ1v) is 3.90. The van der Waals surface area contributed by atoms with Crippen molar-refractivity contribution in [2.24, 2.45) is 0 Å². The monoisotopic (exact) mass is 338 g/mol. The van der Waals surface area contributed by atoms with Crippen LogP contribution >= 0.6 is 11.8 Å². The molecule has 0 aliphatic carbocycles. The van der Waals surface area contributed by atoms with Gasteiger partial charge in [-0.1, -0.05) is 0 Å². The molecule has 0 heterocycles. The maximum absolute atomic E-state index is 10.4. The summed E-state index contributed by atoms with van der Waals surface area (Å²) >= 11 is 1.55. The standard InChI is InChI=1S/C6H11O2S.HI.Zn/c1-3-4-9-5-6(7)8-2;;/h1,3-5H2,2H3;1H;/q-1;;+2/p-1. The summed E-state index contributed by atoms with van der Waals surface area (Å²) in [6.07, 6.45) is 0.863. The Bertz CT molecular complexity index is 92.7. The van der Waals surface area contributed by atoms with E-state index >= 15 is 0 Å². The fourth-order valence-electron chi connectivity index (χ4n) is 0.316. The van der Waals surface area contributed by atoms with E-state index in [0.29, 0.717) is 5.75 Å². The number of thioether (sulfide) groups is 1. The fourth-order valence-corrected chi connectivity index (χ4v) is 0.949. The first-order chi connectivity index (χ1) is 4.31. The molecule has 0 rings (SSSR count). The Morgan fingerprint density at radius 3 is 2.55 bits per heavy atom. The third-order valence-electron chi connectivity index (χ3n) is 0.736. The number of esters is 1. The second-order valence-electron chi connectivity index (χ2n) is 1.48. The number of hydrogen-bond donors (Lipinski definition) is 0. The van der Waals surface area contributed by atoms with Crippen molar-refractivity contribution >= 4 is 17.7 Å². The molecule has 0 aromatic rings. The summed E-state index contributed by atoms with van der Waals surface area (Å²) in [5.41, 5.74) is 0. The van der Waals surface area contributed by atoms with E-state index in [1.54, 1.807) is 11.8 Å². The van der Waals surface area contributed by atoms with Crippen molar-refractivity contribution in [1.82, 2.24) is 0 Å². The molecule has 0 saturated heterocycles. The van der Waals surface area contributed by atoms with Crippen LogP contribution in [-0.2, 0) is 29.0 Å². The van der Waals surface area contributed by atoms with E-state index in [1.165, 1.54) is 7.11 Å². The van der Waals surface area contributed by atoms with Crippen LogP contribution < -0.4 is 24.0 Å². The number of halogens is 1. The van der Waals surface area contributed by atoms with Gasteiger partial charge < -0.3 is 35.6 Å². The smallest absolute Gasteiger partial charge is 1.00 e. The molecule has 0 N–H and O–H groups in total. The quantitative estimate of drug-likeness (QED) is 0.197. The van der Waals surface area contributed by atoms with Gasteiger partial charge in [-0.25, -0.2) is 0 Å². The van der Waals surface area contributed by atoms with Crippen LogP contribution in [0.2, 0.25) is 0 Å². The van der Waals surface area contributed by atoms with Crippen molar-refractivity contribution in [2.45, 2.75) is 6.42 Å². The van der Waals surface area contributed by atoms with E-state index in [-0.39, 0.29) is 49.4 Å². The molecule has 0 spiro atoms. The Labute approximate surface area is 102 Å². The third kappa shape index (κ3) is 14.1. The Hall–Kier alpha value is 1.17. The van der Waals surface area contributed by atoms with Crippen molar-refractivity contribution in [3.05, 3.63) is 6.92 Å². The molecule has 0 fully saturated rings. The van der Waals surface area contributed by atoms with Gasteiger partial charge in [-0.15, -0.1) is 0 Å². The van der Waals surface area contributed by atoms with Crippen LogP contribution in [0.4, 0.5) is 0 Å². The van der Waals surface area contributed by atoms with E-state index in [0.717, 1.165) is 12.2 Å². The van der Waals surface area contributed by atoms with Gasteiger partial charge in [0.05, 0.1) is 12.9 Å². The van der Waals surface area contributed by atoms with Gasteiger partial charge in [-0.2, -0.15) is 18.2 Å². The summed E-state index contributed by atoms with van der Waals surface area (Å²) in [7, 11) is 1.40. The Balaban J connectivity index is -0.000000320. The second kappa shape index (κ2) is 13.7. The average Bonchev–Trinajstić information content (AvgIpc) is 1.89. The number of methoxy groups -OCH3 is 1. The summed E-state index contributed by atoms with van der Waals surface area (Å²) in [5, 5.41) is 0. The Morgan fingerprint density at radius 1 is 1.64 bits per heavy atom. The zero-order chi connectivity index (χ0) is 7.11. The number of carbonyl (C=O) groups is 1. The SMILES string of the molecule is [CH2-]CCSCC(=O)OC.[I-].[Zn+2]. The summed E-state index contributed by atoms with van der Waals surface area (Å²) in [6.45, 7) is 3.64. The normalized spacial score (nSPS) is 7.45. The molecular formula is C6H11IO2SZn. The predicted octanol–water partition coefficient (Wildman–Crippen LogP) is -1.88. The molecule has 0 unspecified atom stereocenters. The van der Waals surface area contributed by atoms with Crippen LogP contribution in [0.25, 0.3) is 0 Å². The predicted molar refractivity (Wildman–Crippen MR) is 39.3 cm³/mol. The van der Waals surface area contributed by atoms with Crippen molar-refractivity contribution in [2.75, 3.05) is 18.6 Å². The van der Waals surface area contributed by atoms with E-state index in [4.69, 9.17) is 0 Å². The molecule has 0 aliphatic heterocycles. The molecule has 0 amide bonds. The number of rotatable bonds is 4. The maximum atomic E-state index is 10.4. The maximum Gasteiger partial charge on any atom is 2.00 e. The zero-order valence-electron chi connectivity index (χ0n) is 6.64. The summed E-state index contributed by atoms with van der Waals surface area (Å²) in [5.74, 6) is 1.22. The van der Waals surface area contributed by atoms with Gasteiger partial charge in [-0.3, -0.25) is 4.79 Å². The second-order valence-corrected chi connectivity index (χ2v) is 2.59. The number of carbonyl (C=O) groups excluding carboxylic acids is 1. The van der Waals surface area contributed by atoms with Gasteiger partial charge in [0.25, 0.3) is 0 Å². The molecule has 5 heteroatoms. The fraction of sp³-hybridized carbons (Fsp3) is 0.667. The third-order valence-corrected chi connectivity index (χ3v) is 1.75. The van der Waals surface area contributed by atoms with Crippen LogP contribution in [-0.4, -0.2) is 24.6 Å². The molecule has 62 valence electrons. The Kier molecular flexibility index (Phi) is 22.6. The minimum Gasteiger partial charge on any atom is -1.00 e. The molecule has 0 radical (unpaired) electrons.